The summed E-state index contributed by atoms with van der Waals surface area (Å²) in [5.74, 6) is 0.264. The van der Waals surface area contributed by atoms with Crippen molar-refractivity contribution in [3.8, 4) is 0 Å². The molecule has 0 bridgehead atoms. The first-order valence-corrected chi connectivity index (χ1v) is 8.80. The fraction of sp³-hybridized carbons (Fsp3) is 0.200. The molecule has 0 spiro atoms. The molecule has 28 heavy (non-hydrogen) atoms. The van der Waals surface area contributed by atoms with Crippen LogP contribution in [0.3, 0.4) is 0 Å². The third-order valence-electron chi connectivity index (χ3n) is 3.24. The molecule has 0 fully saturated rings. The second kappa shape index (κ2) is 9.14. The standard InChI is InChI=1S/C20H22ClN5O2/c1-14(24-11-5-10-22)17-12-23-13-18(25-17)26(19(27)28-20(2,3)4)16-8-6-15(21)7-9-16/h5-13H,1,22H2,2-4H3/b10-5-,24-11?. The van der Waals surface area contributed by atoms with Crippen LogP contribution in [-0.4, -0.2) is 27.9 Å². The number of carbonyl (C=O) groups excluding carboxylic acids is 1. The Balaban J connectivity index is 2.45. The number of halogens is 1. The Hall–Kier alpha value is -3.19. The summed E-state index contributed by atoms with van der Waals surface area (Å²) in [5, 5.41) is 0.545. The van der Waals surface area contributed by atoms with Gasteiger partial charge in [-0.2, -0.15) is 0 Å². The Morgan fingerprint density at radius 3 is 2.57 bits per heavy atom. The number of hydrogen-bond acceptors (Lipinski definition) is 6. The molecule has 146 valence electrons. The topological polar surface area (TPSA) is 93.7 Å². The Morgan fingerprint density at radius 2 is 1.96 bits per heavy atom. The van der Waals surface area contributed by atoms with Gasteiger partial charge in [0, 0.05) is 11.2 Å². The highest BCUT2D eigenvalue weighted by molar-refractivity contribution is 6.30. The summed E-state index contributed by atoms with van der Waals surface area (Å²) >= 11 is 5.97. The molecule has 2 aromatic rings. The summed E-state index contributed by atoms with van der Waals surface area (Å²) in [6.45, 7) is 9.22. The second-order valence-corrected chi connectivity index (χ2v) is 7.10. The molecular weight excluding hydrogens is 378 g/mol. The van der Waals surface area contributed by atoms with Crippen molar-refractivity contribution >= 4 is 41.1 Å². The number of aromatic nitrogens is 2. The SMILES string of the molecule is C=C(N=C/C=C\N)c1cncc(N(C(=O)OC(C)(C)C)c2ccc(Cl)cc2)n1. The van der Waals surface area contributed by atoms with Crippen molar-refractivity contribution in [1.29, 1.82) is 0 Å². The largest absolute Gasteiger partial charge is 0.443 e. The minimum atomic E-state index is -0.685. The predicted molar refractivity (Wildman–Crippen MR) is 113 cm³/mol. The van der Waals surface area contributed by atoms with E-state index < -0.39 is 11.7 Å². The summed E-state index contributed by atoms with van der Waals surface area (Å²) in [7, 11) is 0. The molecule has 0 atom stereocenters. The maximum absolute atomic E-state index is 12.9. The Kier molecular flexibility index (Phi) is 6.89. The van der Waals surface area contributed by atoms with Gasteiger partial charge in [0.05, 0.1) is 23.8 Å². The van der Waals surface area contributed by atoms with Crippen LogP contribution < -0.4 is 10.6 Å². The Labute approximate surface area is 169 Å². The van der Waals surface area contributed by atoms with Crippen LogP contribution in [0.1, 0.15) is 26.5 Å². The third-order valence-corrected chi connectivity index (χ3v) is 3.49. The number of anilines is 2. The summed E-state index contributed by atoms with van der Waals surface area (Å²) in [4.78, 5) is 26.9. The second-order valence-electron chi connectivity index (χ2n) is 6.66. The van der Waals surface area contributed by atoms with Crippen molar-refractivity contribution in [3.05, 3.63) is 66.2 Å². The quantitative estimate of drug-likeness (QED) is 0.734. The monoisotopic (exact) mass is 399 g/mol. The first-order valence-electron chi connectivity index (χ1n) is 8.42. The third kappa shape index (κ3) is 5.92. The molecule has 7 nitrogen and oxygen atoms in total. The molecule has 2 N–H and O–H groups in total. The lowest BCUT2D eigenvalue weighted by atomic mass is 10.2. The fourth-order valence-corrected chi connectivity index (χ4v) is 2.21. The van der Waals surface area contributed by atoms with Crippen molar-refractivity contribution in [1.82, 2.24) is 9.97 Å². The van der Waals surface area contributed by atoms with E-state index in [0.29, 0.717) is 22.1 Å². The Morgan fingerprint density at radius 1 is 1.29 bits per heavy atom. The molecule has 0 aliphatic carbocycles. The van der Waals surface area contributed by atoms with Gasteiger partial charge in [0.2, 0.25) is 0 Å². The fourth-order valence-electron chi connectivity index (χ4n) is 2.08. The first-order chi connectivity index (χ1) is 13.2. The van der Waals surface area contributed by atoms with Gasteiger partial charge in [0.1, 0.15) is 11.3 Å². The van der Waals surface area contributed by atoms with Crippen molar-refractivity contribution in [2.24, 2.45) is 10.7 Å². The zero-order valence-corrected chi connectivity index (χ0v) is 16.7. The molecule has 1 aromatic carbocycles. The highest BCUT2D eigenvalue weighted by atomic mass is 35.5. The van der Waals surface area contributed by atoms with Crippen LogP contribution in [0.2, 0.25) is 5.02 Å². The van der Waals surface area contributed by atoms with Crippen LogP contribution in [0.15, 0.2) is 60.5 Å². The maximum Gasteiger partial charge on any atom is 0.420 e. The minimum Gasteiger partial charge on any atom is -0.443 e. The molecule has 8 heteroatoms. The lowest BCUT2D eigenvalue weighted by Gasteiger charge is -2.26. The molecule has 1 heterocycles. The van der Waals surface area contributed by atoms with E-state index >= 15 is 0 Å². The number of aliphatic imine (C=N–C) groups is 1. The normalized spacial score (nSPS) is 11.7. The van der Waals surface area contributed by atoms with Crippen molar-refractivity contribution < 1.29 is 9.53 Å². The van der Waals surface area contributed by atoms with E-state index in [2.05, 4.69) is 21.5 Å². The highest BCUT2D eigenvalue weighted by Crippen LogP contribution is 2.28. The lowest BCUT2D eigenvalue weighted by Crippen LogP contribution is -2.34. The molecule has 0 radical (unpaired) electrons. The van der Waals surface area contributed by atoms with Gasteiger partial charge in [-0.15, -0.1) is 0 Å². The minimum absolute atomic E-state index is 0.264. The van der Waals surface area contributed by atoms with Crippen LogP contribution in [0.5, 0.6) is 0 Å². The molecule has 0 aliphatic rings. The molecule has 0 aliphatic heterocycles. The van der Waals surface area contributed by atoms with Crippen molar-refractivity contribution in [3.63, 3.8) is 0 Å². The van der Waals surface area contributed by atoms with E-state index in [9.17, 15) is 4.79 Å². The van der Waals surface area contributed by atoms with Gasteiger partial charge in [-0.05, 0) is 57.3 Å². The van der Waals surface area contributed by atoms with Gasteiger partial charge < -0.3 is 10.5 Å². The van der Waals surface area contributed by atoms with E-state index in [-0.39, 0.29) is 5.82 Å². The summed E-state index contributed by atoms with van der Waals surface area (Å²) in [6, 6.07) is 6.74. The number of nitrogens with two attached hydrogens (primary N) is 1. The average Bonchev–Trinajstić information content (AvgIpc) is 2.62. The molecule has 2 rings (SSSR count). The van der Waals surface area contributed by atoms with E-state index in [1.807, 2.05) is 0 Å². The van der Waals surface area contributed by atoms with Gasteiger partial charge in [-0.3, -0.25) is 9.98 Å². The van der Waals surface area contributed by atoms with Crippen LogP contribution >= 0.6 is 11.6 Å². The summed E-state index contributed by atoms with van der Waals surface area (Å²) in [5.41, 5.74) is 5.90. The number of rotatable bonds is 5. The summed E-state index contributed by atoms with van der Waals surface area (Å²) in [6.07, 6.45) is 6.76. The van der Waals surface area contributed by atoms with E-state index in [1.165, 1.54) is 29.7 Å². The lowest BCUT2D eigenvalue weighted by molar-refractivity contribution is 0.0598. The van der Waals surface area contributed by atoms with Crippen LogP contribution in [0.25, 0.3) is 5.70 Å². The van der Waals surface area contributed by atoms with Crippen molar-refractivity contribution in [2.45, 2.75) is 26.4 Å². The molecule has 0 saturated carbocycles. The van der Waals surface area contributed by atoms with E-state index in [0.717, 1.165) is 0 Å². The van der Waals surface area contributed by atoms with Crippen LogP contribution in [0.4, 0.5) is 16.3 Å². The summed E-state index contributed by atoms with van der Waals surface area (Å²) < 4.78 is 5.53. The molecule has 1 amide bonds. The van der Waals surface area contributed by atoms with E-state index in [4.69, 9.17) is 22.1 Å². The predicted octanol–water partition coefficient (Wildman–Crippen LogP) is 4.72. The molecule has 0 unspecified atom stereocenters. The van der Waals surface area contributed by atoms with Gasteiger partial charge in [-0.1, -0.05) is 18.2 Å². The van der Waals surface area contributed by atoms with Gasteiger partial charge in [0.15, 0.2) is 5.82 Å². The molecular formula is C20H22ClN5O2. The zero-order valence-electron chi connectivity index (χ0n) is 16.0. The van der Waals surface area contributed by atoms with Gasteiger partial charge in [0.25, 0.3) is 0 Å². The molecule has 0 saturated heterocycles. The number of amides is 1. The van der Waals surface area contributed by atoms with Crippen LogP contribution in [-0.2, 0) is 4.74 Å². The first kappa shape index (κ1) is 21.1. The maximum atomic E-state index is 12.9. The van der Waals surface area contributed by atoms with Gasteiger partial charge >= 0.3 is 6.09 Å². The number of nitrogens with zero attached hydrogens (tertiary/aromatic N) is 4. The van der Waals surface area contributed by atoms with Crippen LogP contribution in [0, 0.1) is 0 Å². The smallest absolute Gasteiger partial charge is 0.420 e. The average molecular weight is 400 g/mol. The van der Waals surface area contributed by atoms with E-state index in [1.54, 1.807) is 51.1 Å². The van der Waals surface area contributed by atoms with Gasteiger partial charge in [-0.25, -0.2) is 14.7 Å². The molecule has 1 aromatic heterocycles. The highest BCUT2D eigenvalue weighted by Gasteiger charge is 2.26. The zero-order chi connectivity index (χ0) is 20.7. The number of ether oxygens (including phenoxy) is 1. The van der Waals surface area contributed by atoms with Crippen molar-refractivity contribution in [2.75, 3.05) is 4.90 Å². The number of hydrogen-bond donors (Lipinski definition) is 1. The number of carbonyl (C=O) groups is 1. The Bertz CT molecular complexity index is 902. The number of allylic oxidation sites excluding steroid dienone is 1. The number of benzene rings is 1.